The molecule has 0 radical (unpaired) electrons. The molecule has 1 N–H and O–H groups in total. The summed E-state index contributed by atoms with van der Waals surface area (Å²) in [6.07, 6.45) is 3.13. The molecule has 3 heterocycles. The van der Waals surface area contributed by atoms with Crippen molar-refractivity contribution in [3.63, 3.8) is 0 Å². The second-order valence-corrected chi connectivity index (χ2v) is 10.6. The van der Waals surface area contributed by atoms with Crippen LogP contribution in [0.3, 0.4) is 0 Å². The maximum atomic E-state index is 15.1. The number of amides is 2. The molecule has 0 saturated heterocycles. The summed E-state index contributed by atoms with van der Waals surface area (Å²) < 4.78 is 31.8. The van der Waals surface area contributed by atoms with Crippen molar-refractivity contribution < 1.29 is 23.5 Å². The lowest BCUT2D eigenvalue weighted by molar-refractivity contribution is -0.276. The molecule has 3 aromatic rings. The number of alkyl halides is 2. The first-order chi connectivity index (χ1) is 16.4. The van der Waals surface area contributed by atoms with Gasteiger partial charge in [-0.2, -0.15) is 5.10 Å². The fraction of sp³-hybridized carbons (Fsp3) is 0.417. The first-order valence-corrected chi connectivity index (χ1v) is 12.0. The minimum atomic E-state index is -3.29. The van der Waals surface area contributed by atoms with Gasteiger partial charge in [-0.25, -0.2) is 18.3 Å². The number of nitrogens with one attached hydrogen (secondary N) is 1. The normalized spacial score (nSPS) is 19.9. The number of nitrogens with zero attached hydrogens (tertiary/aromatic N) is 4. The van der Waals surface area contributed by atoms with E-state index < -0.39 is 42.0 Å². The third-order valence-electron chi connectivity index (χ3n) is 6.11. The molecule has 2 atom stereocenters. The van der Waals surface area contributed by atoms with Gasteiger partial charge in [-0.15, -0.1) is 11.3 Å². The Hall–Kier alpha value is -3.34. The van der Waals surface area contributed by atoms with Crippen molar-refractivity contribution in [1.29, 1.82) is 0 Å². The number of thiophene rings is 1. The van der Waals surface area contributed by atoms with Crippen molar-refractivity contribution >= 4 is 35.1 Å². The molecular weight excluding hydrogens is 476 g/mol. The smallest absolute Gasteiger partial charge is 0.269 e. The van der Waals surface area contributed by atoms with Crippen LogP contribution in [0.4, 0.5) is 13.6 Å². The van der Waals surface area contributed by atoms with Gasteiger partial charge in [0.2, 0.25) is 0 Å². The van der Waals surface area contributed by atoms with Crippen LogP contribution >= 0.6 is 11.3 Å². The highest BCUT2D eigenvalue weighted by Crippen LogP contribution is 2.39. The molecule has 1 aliphatic carbocycles. The second-order valence-electron chi connectivity index (χ2n) is 9.51. The first kappa shape index (κ1) is 24.8. The Bertz CT molecular complexity index is 1280. The molecule has 1 aliphatic rings. The number of aromatic nitrogens is 3. The second kappa shape index (κ2) is 9.03. The van der Waals surface area contributed by atoms with Crippen LogP contribution in [-0.2, 0) is 0 Å². The molecule has 2 amide bonds. The predicted molar refractivity (Wildman–Crippen MR) is 127 cm³/mol. The quantitative estimate of drug-likeness (QED) is 0.571. The topological polar surface area (TPSA) is 103 Å². The van der Waals surface area contributed by atoms with Gasteiger partial charge in [0, 0.05) is 28.6 Å². The van der Waals surface area contributed by atoms with Crippen LogP contribution in [0.15, 0.2) is 37.2 Å². The lowest BCUT2D eigenvalue weighted by Gasteiger charge is -2.50. The van der Waals surface area contributed by atoms with Gasteiger partial charge in [-0.05, 0) is 51.8 Å². The molecular formula is C24H26F2N5O3S-. The number of carbonyl (C=O) groups excluding carboxylic acids is 2. The lowest BCUT2D eigenvalue weighted by Crippen LogP contribution is -2.67. The zero-order valence-corrected chi connectivity index (χ0v) is 20.4. The van der Waals surface area contributed by atoms with Crippen LogP contribution in [-0.4, -0.2) is 55.0 Å². The minimum Gasteiger partial charge on any atom is -0.530 e. The van der Waals surface area contributed by atoms with Gasteiger partial charge < -0.3 is 20.1 Å². The van der Waals surface area contributed by atoms with Crippen molar-refractivity contribution in [3.8, 4) is 11.3 Å². The zero-order valence-electron chi connectivity index (χ0n) is 19.6. The highest BCUT2D eigenvalue weighted by molar-refractivity contribution is 7.15. The number of rotatable bonds is 5. The van der Waals surface area contributed by atoms with Crippen LogP contribution in [0.5, 0.6) is 0 Å². The highest BCUT2D eigenvalue weighted by atomic mass is 32.1. The van der Waals surface area contributed by atoms with E-state index in [0.29, 0.717) is 21.8 Å². The number of hydrogen-bond donors (Lipinski definition) is 1. The van der Waals surface area contributed by atoms with Crippen LogP contribution in [0.25, 0.3) is 23.0 Å². The van der Waals surface area contributed by atoms with Gasteiger partial charge in [0.05, 0.1) is 22.8 Å². The minimum absolute atomic E-state index is 0.134. The summed E-state index contributed by atoms with van der Waals surface area (Å²) in [7, 11) is 0. The molecule has 1 saturated carbocycles. The molecule has 4 rings (SSSR count). The number of carbonyl (C=O) groups is 2. The Labute approximate surface area is 205 Å². The molecule has 8 nitrogen and oxygen atoms in total. The van der Waals surface area contributed by atoms with E-state index >= 15 is 8.78 Å². The summed E-state index contributed by atoms with van der Waals surface area (Å²) >= 11 is 1.10. The van der Waals surface area contributed by atoms with E-state index in [4.69, 9.17) is 0 Å². The number of imidazole rings is 1. The van der Waals surface area contributed by atoms with E-state index in [1.54, 1.807) is 62.0 Å². The van der Waals surface area contributed by atoms with E-state index in [2.05, 4.69) is 22.0 Å². The first-order valence-electron chi connectivity index (χ1n) is 11.2. The van der Waals surface area contributed by atoms with Crippen molar-refractivity contribution in [2.24, 2.45) is 0 Å². The predicted octanol–water partition coefficient (Wildman–Crippen LogP) is 3.83. The summed E-state index contributed by atoms with van der Waals surface area (Å²) in [6.45, 7) is 8.64. The van der Waals surface area contributed by atoms with E-state index in [9.17, 15) is 14.7 Å². The maximum absolute atomic E-state index is 15.1. The third kappa shape index (κ3) is 4.64. The molecule has 1 fully saturated rings. The molecule has 0 aromatic carbocycles. The van der Waals surface area contributed by atoms with Gasteiger partial charge in [0.25, 0.3) is 11.8 Å². The fourth-order valence-electron chi connectivity index (χ4n) is 4.63. The molecule has 3 aromatic heterocycles. The molecule has 186 valence electrons. The van der Waals surface area contributed by atoms with Crippen LogP contribution in [0.1, 0.15) is 54.6 Å². The summed E-state index contributed by atoms with van der Waals surface area (Å²) in [5, 5.41) is 18.6. The van der Waals surface area contributed by atoms with Crippen LogP contribution in [0, 0.1) is 0 Å². The molecule has 11 heteroatoms. The van der Waals surface area contributed by atoms with Crippen molar-refractivity contribution in [3.05, 3.63) is 46.9 Å². The van der Waals surface area contributed by atoms with Crippen LogP contribution in [0.2, 0.25) is 0 Å². The van der Waals surface area contributed by atoms with Crippen molar-refractivity contribution in [1.82, 2.24) is 24.8 Å². The van der Waals surface area contributed by atoms with E-state index in [1.807, 2.05) is 0 Å². The summed E-state index contributed by atoms with van der Waals surface area (Å²) in [5.74, 6) is -4.00. The standard InChI is InChI=1S/C24H27F2N5O3S/c1-5-17-14(16-13-27-19-9-7-11-28-31(16)19)12-18(35-17)21(32)29-20-15(8-6-10-24(20,25)26)30(22(33)34)23(2,3)4/h5,7,9,11-13,15,20H,1,6,8,10H2,2-4H3,(H,29,32)(H,33,34)/p-1/t15-,20-/m1/s1. The Kier molecular flexibility index (Phi) is 6.39. The van der Waals surface area contributed by atoms with E-state index in [0.717, 1.165) is 16.2 Å². The number of fused-ring (bicyclic) bond motifs is 1. The van der Waals surface area contributed by atoms with Gasteiger partial charge in [0.1, 0.15) is 12.1 Å². The zero-order chi connectivity index (χ0) is 25.5. The van der Waals surface area contributed by atoms with Crippen molar-refractivity contribution in [2.45, 2.75) is 63.6 Å². The van der Waals surface area contributed by atoms with Gasteiger partial charge >= 0.3 is 0 Å². The Balaban J connectivity index is 1.68. The highest BCUT2D eigenvalue weighted by Gasteiger charge is 2.51. The average Bonchev–Trinajstić information content (AvgIpc) is 3.38. The monoisotopic (exact) mass is 502 g/mol. The molecule has 0 aliphatic heterocycles. The fourth-order valence-corrected chi connectivity index (χ4v) is 5.55. The van der Waals surface area contributed by atoms with Gasteiger partial charge in [-0.3, -0.25) is 4.79 Å². The van der Waals surface area contributed by atoms with Gasteiger partial charge in [-0.1, -0.05) is 12.7 Å². The SMILES string of the molecule is C=Cc1sc(C(=O)N[C@@H]2[C@H](N(C(=O)[O-])C(C)(C)C)CCCC2(F)F)cc1-c1cnc2cccnn12. The Morgan fingerprint density at radius 1 is 1.40 bits per heavy atom. The summed E-state index contributed by atoms with van der Waals surface area (Å²) in [6, 6.07) is 2.30. The summed E-state index contributed by atoms with van der Waals surface area (Å²) in [4.78, 5) is 31.2. The maximum Gasteiger partial charge on any atom is 0.269 e. The summed E-state index contributed by atoms with van der Waals surface area (Å²) in [5.41, 5.74) is 0.896. The van der Waals surface area contributed by atoms with Crippen LogP contribution < -0.4 is 10.4 Å². The van der Waals surface area contributed by atoms with Gasteiger partial charge in [0.15, 0.2) is 5.65 Å². The number of hydrogen-bond acceptors (Lipinski definition) is 6. The molecule has 35 heavy (non-hydrogen) atoms. The average molecular weight is 503 g/mol. The van der Waals surface area contributed by atoms with Crippen molar-refractivity contribution in [2.75, 3.05) is 0 Å². The third-order valence-corrected chi connectivity index (χ3v) is 7.24. The number of halogens is 2. The Morgan fingerprint density at radius 2 is 2.14 bits per heavy atom. The van der Waals surface area contributed by atoms with E-state index in [1.165, 1.54) is 0 Å². The largest absolute Gasteiger partial charge is 0.530 e. The molecule has 0 spiro atoms. The van der Waals surface area contributed by atoms with E-state index in [-0.39, 0.29) is 17.7 Å². The lowest BCUT2D eigenvalue weighted by atomic mass is 9.84. The molecule has 0 unspecified atom stereocenters. The Morgan fingerprint density at radius 3 is 2.80 bits per heavy atom. The molecule has 0 bridgehead atoms. The number of carboxylic acid groups (broad SMARTS) is 1.